The maximum atomic E-state index is 13.1. The Morgan fingerprint density at radius 1 is 0.906 bits per heavy atom. The number of aliphatic hydroxyl groups is 1. The van der Waals surface area contributed by atoms with Crippen molar-refractivity contribution in [3.63, 3.8) is 0 Å². The Kier molecular flexibility index (Phi) is 5.55. The molecule has 0 saturated carbocycles. The molecule has 1 aliphatic rings. The molecule has 0 aromatic heterocycles. The zero-order valence-corrected chi connectivity index (χ0v) is 17.7. The van der Waals surface area contributed by atoms with Gasteiger partial charge in [-0.15, -0.1) is 0 Å². The van der Waals surface area contributed by atoms with Crippen LogP contribution in [0.1, 0.15) is 33.1 Å². The number of carbonyl (C=O) groups is 3. The number of halogens is 1. The van der Waals surface area contributed by atoms with E-state index in [1.807, 2.05) is 6.92 Å². The van der Waals surface area contributed by atoms with E-state index in [0.717, 1.165) is 5.56 Å². The molecule has 1 heterocycles. The molecule has 0 aliphatic carbocycles. The average Bonchev–Trinajstić information content (AvgIpc) is 3.04. The van der Waals surface area contributed by atoms with Crippen LogP contribution in [-0.2, 0) is 9.59 Å². The first-order valence-corrected chi connectivity index (χ1v) is 10.1. The number of aliphatic hydroxyl groups excluding tert-OH is 1. The maximum absolute atomic E-state index is 13.1. The van der Waals surface area contributed by atoms with Gasteiger partial charge in [-0.05, 0) is 48.9 Å². The van der Waals surface area contributed by atoms with Gasteiger partial charge in [0.1, 0.15) is 5.76 Å². The van der Waals surface area contributed by atoms with E-state index >= 15 is 0 Å². The Morgan fingerprint density at radius 3 is 2.12 bits per heavy atom. The van der Waals surface area contributed by atoms with Crippen molar-refractivity contribution in [1.82, 2.24) is 0 Å². The lowest BCUT2D eigenvalue weighted by atomic mass is 9.95. The largest absolute Gasteiger partial charge is 0.507 e. The highest BCUT2D eigenvalue weighted by molar-refractivity contribution is 6.51. The quantitative estimate of drug-likeness (QED) is 0.334. The van der Waals surface area contributed by atoms with Crippen LogP contribution in [0, 0.1) is 6.92 Å². The number of hydrogen-bond acceptors (Lipinski definition) is 4. The lowest BCUT2D eigenvalue weighted by Crippen LogP contribution is -2.29. The second-order valence-electron chi connectivity index (χ2n) is 7.44. The molecule has 1 fully saturated rings. The predicted molar refractivity (Wildman–Crippen MR) is 121 cm³/mol. The van der Waals surface area contributed by atoms with Gasteiger partial charge in [-0.25, -0.2) is 4.79 Å². The molecule has 1 atom stereocenters. The van der Waals surface area contributed by atoms with Crippen molar-refractivity contribution in [1.29, 1.82) is 0 Å². The number of ketones is 1. The first-order chi connectivity index (χ1) is 15.3. The van der Waals surface area contributed by atoms with Crippen LogP contribution in [0.25, 0.3) is 5.76 Å². The number of carbonyl (C=O) groups excluding carboxylic acids is 2. The molecule has 3 aromatic carbocycles. The standard InChI is InChI=1S/C25H18ClNO5/c1-14-5-7-15(8-6-14)22(28)20-21(17-3-2-4-18(26)13-17)27(24(30)23(20)29)19-11-9-16(10-12-19)25(31)32/h2-13,21,28H,1H3,(H,31,32)/b22-20+. The van der Waals surface area contributed by atoms with Gasteiger partial charge in [0.15, 0.2) is 0 Å². The Bertz CT molecular complexity index is 1260. The lowest BCUT2D eigenvalue weighted by molar-refractivity contribution is -0.132. The van der Waals surface area contributed by atoms with Crippen molar-refractivity contribution in [2.24, 2.45) is 0 Å². The number of anilines is 1. The summed E-state index contributed by atoms with van der Waals surface area (Å²) in [7, 11) is 0. The highest BCUT2D eigenvalue weighted by Gasteiger charge is 2.47. The second-order valence-corrected chi connectivity index (χ2v) is 7.88. The molecule has 32 heavy (non-hydrogen) atoms. The summed E-state index contributed by atoms with van der Waals surface area (Å²) in [4.78, 5) is 38.6. The van der Waals surface area contributed by atoms with Crippen molar-refractivity contribution in [3.8, 4) is 0 Å². The fraction of sp³-hybridized carbons (Fsp3) is 0.0800. The van der Waals surface area contributed by atoms with Gasteiger partial charge in [-0.1, -0.05) is 53.6 Å². The summed E-state index contributed by atoms with van der Waals surface area (Å²) in [5, 5.41) is 20.6. The van der Waals surface area contributed by atoms with E-state index in [1.165, 1.54) is 29.2 Å². The number of Topliss-reactive ketones (excluding diaryl/α,β-unsaturated/α-hetero) is 1. The van der Waals surface area contributed by atoms with Gasteiger partial charge >= 0.3 is 5.97 Å². The molecule has 0 radical (unpaired) electrons. The number of benzene rings is 3. The molecule has 7 heteroatoms. The Balaban J connectivity index is 1.92. The molecule has 1 amide bonds. The van der Waals surface area contributed by atoms with Crippen LogP contribution >= 0.6 is 11.6 Å². The van der Waals surface area contributed by atoms with Crippen LogP contribution in [0.15, 0.2) is 78.4 Å². The predicted octanol–water partition coefficient (Wildman–Crippen LogP) is 4.97. The Hall–Kier alpha value is -3.90. The molecule has 160 valence electrons. The third kappa shape index (κ3) is 3.76. The van der Waals surface area contributed by atoms with Gasteiger partial charge in [-0.2, -0.15) is 0 Å². The van der Waals surface area contributed by atoms with Crippen molar-refractivity contribution < 1.29 is 24.6 Å². The van der Waals surface area contributed by atoms with E-state index < -0.39 is 23.7 Å². The van der Waals surface area contributed by atoms with Gasteiger partial charge in [0.2, 0.25) is 0 Å². The number of aromatic carboxylic acids is 1. The minimum absolute atomic E-state index is 0.0456. The number of carboxylic acids is 1. The van der Waals surface area contributed by atoms with E-state index in [4.69, 9.17) is 16.7 Å². The minimum atomic E-state index is -1.11. The molecule has 2 N–H and O–H groups in total. The van der Waals surface area contributed by atoms with Gasteiger partial charge in [0.25, 0.3) is 11.7 Å². The number of hydrogen-bond donors (Lipinski definition) is 2. The zero-order chi connectivity index (χ0) is 23.0. The molecule has 4 rings (SSSR count). The number of aryl methyl sites for hydroxylation is 1. The molecule has 0 bridgehead atoms. The third-order valence-corrected chi connectivity index (χ3v) is 5.56. The van der Waals surface area contributed by atoms with Gasteiger partial charge in [-0.3, -0.25) is 14.5 Å². The van der Waals surface area contributed by atoms with Crippen LogP contribution < -0.4 is 4.90 Å². The molecule has 1 aliphatic heterocycles. The molecule has 1 saturated heterocycles. The summed E-state index contributed by atoms with van der Waals surface area (Å²) in [5.41, 5.74) is 2.22. The third-order valence-electron chi connectivity index (χ3n) is 5.33. The van der Waals surface area contributed by atoms with Gasteiger partial charge in [0.05, 0.1) is 17.2 Å². The van der Waals surface area contributed by atoms with Crippen LogP contribution in [0.2, 0.25) is 5.02 Å². The minimum Gasteiger partial charge on any atom is -0.507 e. The summed E-state index contributed by atoms with van der Waals surface area (Å²) < 4.78 is 0. The summed E-state index contributed by atoms with van der Waals surface area (Å²) in [6.07, 6.45) is 0. The maximum Gasteiger partial charge on any atom is 0.335 e. The first-order valence-electron chi connectivity index (χ1n) is 9.75. The second kappa shape index (κ2) is 8.32. The van der Waals surface area contributed by atoms with Crippen LogP contribution in [0.5, 0.6) is 0 Å². The summed E-state index contributed by atoms with van der Waals surface area (Å²) in [5.74, 6) is -3.07. The van der Waals surface area contributed by atoms with Crippen LogP contribution in [0.3, 0.4) is 0 Å². The SMILES string of the molecule is Cc1ccc(/C(O)=C2\C(=O)C(=O)N(c3ccc(C(=O)O)cc3)C2c2cccc(Cl)c2)cc1. The zero-order valence-electron chi connectivity index (χ0n) is 16.9. The first kappa shape index (κ1) is 21.3. The highest BCUT2D eigenvalue weighted by atomic mass is 35.5. The number of nitrogens with zero attached hydrogens (tertiary/aromatic N) is 1. The van der Waals surface area contributed by atoms with E-state index in [2.05, 4.69) is 0 Å². The monoisotopic (exact) mass is 447 g/mol. The number of amides is 1. The lowest BCUT2D eigenvalue weighted by Gasteiger charge is -2.25. The molecule has 3 aromatic rings. The molecule has 1 unspecified atom stereocenters. The van der Waals surface area contributed by atoms with Crippen molar-refractivity contribution >= 4 is 40.7 Å². The Labute approximate surface area is 189 Å². The molecular formula is C25H18ClNO5. The highest BCUT2D eigenvalue weighted by Crippen LogP contribution is 2.42. The summed E-state index contributed by atoms with van der Waals surface area (Å²) in [6.45, 7) is 1.90. The number of carboxylic acid groups (broad SMARTS) is 1. The molecule has 0 spiro atoms. The van der Waals surface area contributed by atoms with Crippen molar-refractivity contribution in [3.05, 3.63) is 106 Å². The Morgan fingerprint density at radius 2 is 1.53 bits per heavy atom. The summed E-state index contributed by atoms with van der Waals surface area (Å²) in [6, 6.07) is 18.3. The number of rotatable bonds is 4. The fourth-order valence-electron chi connectivity index (χ4n) is 3.72. The van der Waals surface area contributed by atoms with E-state index in [9.17, 15) is 19.5 Å². The van der Waals surface area contributed by atoms with Crippen LogP contribution in [0.4, 0.5) is 5.69 Å². The van der Waals surface area contributed by atoms with Crippen molar-refractivity contribution in [2.45, 2.75) is 13.0 Å². The van der Waals surface area contributed by atoms with Gasteiger partial charge < -0.3 is 10.2 Å². The normalized spacial score (nSPS) is 17.6. The smallest absolute Gasteiger partial charge is 0.335 e. The molecular weight excluding hydrogens is 430 g/mol. The van der Waals surface area contributed by atoms with Gasteiger partial charge in [0, 0.05) is 16.3 Å². The van der Waals surface area contributed by atoms with E-state index in [1.54, 1.807) is 48.5 Å². The summed E-state index contributed by atoms with van der Waals surface area (Å²) >= 11 is 6.17. The average molecular weight is 448 g/mol. The fourth-order valence-corrected chi connectivity index (χ4v) is 3.92. The topological polar surface area (TPSA) is 94.9 Å². The van der Waals surface area contributed by atoms with E-state index in [-0.39, 0.29) is 16.9 Å². The molecule has 6 nitrogen and oxygen atoms in total. The van der Waals surface area contributed by atoms with Crippen LogP contribution in [-0.4, -0.2) is 27.9 Å². The van der Waals surface area contributed by atoms with E-state index in [0.29, 0.717) is 21.8 Å². The van der Waals surface area contributed by atoms with Crippen molar-refractivity contribution in [2.75, 3.05) is 4.90 Å².